The number of rotatable bonds is 3. The zero-order valence-electron chi connectivity index (χ0n) is 10.8. The SMILES string of the molecule is CC1CCC(C(N)Cc2c(F)cccc2F)CC1. The molecular formula is C15H21F2N. The van der Waals surface area contributed by atoms with Gasteiger partial charge in [0.15, 0.2) is 0 Å². The average molecular weight is 253 g/mol. The number of nitrogens with two attached hydrogens (primary N) is 1. The lowest BCUT2D eigenvalue weighted by Gasteiger charge is -2.30. The smallest absolute Gasteiger partial charge is 0.129 e. The summed E-state index contributed by atoms with van der Waals surface area (Å²) in [6.45, 7) is 2.25. The zero-order valence-corrected chi connectivity index (χ0v) is 10.8. The van der Waals surface area contributed by atoms with Gasteiger partial charge in [-0.3, -0.25) is 0 Å². The Hall–Kier alpha value is -0.960. The summed E-state index contributed by atoms with van der Waals surface area (Å²) >= 11 is 0. The van der Waals surface area contributed by atoms with Crippen molar-refractivity contribution in [2.45, 2.75) is 45.1 Å². The highest BCUT2D eigenvalue weighted by atomic mass is 19.1. The number of benzene rings is 1. The molecule has 0 heterocycles. The highest BCUT2D eigenvalue weighted by Crippen LogP contribution is 2.31. The van der Waals surface area contributed by atoms with Crippen molar-refractivity contribution in [3.8, 4) is 0 Å². The molecule has 3 heteroatoms. The normalized spacial score (nSPS) is 26.0. The molecule has 0 radical (unpaired) electrons. The summed E-state index contributed by atoms with van der Waals surface area (Å²) in [6.07, 6.45) is 4.82. The minimum absolute atomic E-state index is 0.135. The van der Waals surface area contributed by atoms with E-state index in [0.29, 0.717) is 12.3 Å². The van der Waals surface area contributed by atoms with Crippen molar-refractivity contribution in [1.29, 1.82) is 0 Å². The molecule has 0 aromatic heterocycles. The summed E-state index contributed by atoms with van der Waals surface area (Å²) in [7, 11) is 0. The minimum atomic E-state index is -0.477. The molecule has 1 fully saturated rings. The maximum Gasteiger partial charge on any atom is 0.129 e. The van der Waals surface area contributed by atoms with Crippen LogP contribution in [0.3, 0.4) is 0 Å². The summed E-state index contributed by atoms with van der Waals surface area (Å²) in [4.78, 5) is 0. The van der Waals surface area contributed by atoms with Crippen LogP contribution in [0.2, 0.25) is 0 Å². The van der Waals surface area contributed by atoms with Crippen molar-refractivity contribution >= 4 is 0 Å². The van der Waals surface area contributed by atoms with Crippen LogP contribution in [0.1, 0.15) is 38.2 Å². The molecule has 0 bridgehead atoms. The minimum Gasteiger partial charge on any atom is -0.327 e. The van der Waals surface area contributed by atoms with Gasteiger partial charge >= 0.3 is 0 Å². The van der Waals surface area contributed by atoms with Gasteiger partial charge in [0.05, 0.1) is 0 Å². The molecule has 2 rings (SSSR count). The molecule has 1 aromatic rings. The molecule has 0 saturated heterocycles. The van der Waals surface area contributed by atoms with E-state index in [1.54, 1.807) is 0 Å². The molecule has 1 nitrogen and oxygen atoms in total. The Bertz CT molecular complexity index is 377. The van der Waals surface area contributed by atoms with Crippen LogP contribution in [0.25, 0.3) is 0 Å². The van der Waals surface area contributed by atoms with Gasteiger partial charge in [-0.2, -0.15) is 0 Å². The molecule has 2 N–H and O–H groups in total. The second-order valence-corrected chi connectivity index (χ2v) is 5.59. The van der Waals surface area contributed by atoms with Crippen LogP contribution in [0, 0.1) is 23.5 Å². The van der Waals surface area contributed by atoms with E-state index in [9.17, 15) is 8.78 Å². The van der Waals surface area contributed by atoms with Crippen LogP contribution in [0.4, 0.5) is 8.78 Å². The van der Waals surface area contributed by atoms with Crippen molar-refractivity contribution < 1.29 is 8.78 Å². The van der Waals surface area contributed by atoms with Gasteiger partial charge < -0.3 is 5.73 Å². The zero-order chi connectivity index (χ0) is 13.1. The monoisotopic (exact) mass is 253 g/mol. The van der Waals surface area contributed by atoms with Crippen molar-refractivity contribution in [2.24, 2.45) is 17.6 Å². The van der Waals surface area contributed by atoms with Gasteiger partial charge in [0.25, 0.3) is 0 Å². The highest BCUT2D eigenvalue weighted by molar-refractivity contribution is 5.20. The molecule has 0 aliphatic heterocycles. The highest BCUT2D eigenvalue weighted by Gasteiger charge is 2.25. The van der Waals surface area contributed by atoms with Crippen molar-refractivity contribution in [3.63, 3.8) is 0 Å². The lowest BCUT2D eigenvalue weighted by atomic mass is 9.78. The van der Waals surface area contributed by atoms with Crippen molar-refractivity contribution in [1.82, 2.24) is 0 Å². The molecule has 1 saturated carbocycles. The second-order valence-electron chi connectivity index (χ2n) is 5.59. The molecule has 0 spiro atoms. The van der Waals surface area contributed by atoms with E-state index in [-0.39, 0.29) is 11.6 Å². The van der Waals surface area contributed by atoms with Crippen LogP contribution in [0.5, 0.6) is 0 Å². The van der Waals surface area contributed by atoms with E-state index in [1.165, 1.54) is 31.0 Å². The molecule has 1 aliphatic rings. The maximum atomic E-state index is 13.5. The fourth-order valence-corrected chi connectivity index (χ4v) is 2.84. The first-order valence-electron chi connectivity index (χ1n) is 6.76. The standard InChI is InChI=1S/C15H21F2N/c1-10-5-7-11(8-6-10)15(18)9-12-13(16)3-2-4-14(12)17/h2-4,10-11,15H,5-9,18H2,1H3. The van der Waals surface area contributed by atoms with Crippen molar-refractivity contribution in [3.05, 3.63) is 35.4 Å². The number of hydrogen-bond donors (Lipinski definition) is 1. The molecule has 1 unspecified atom stereocenters. The van der Waals surface area contributed by atoms with Crippen LogP contribution in [-0.4, -0.2) is 6.04 Å². The molecular weight excluding hydrogens is 232 g/mol. The van der Waals surface area contributed by atoms with Gasteiger partial charge in [0, 0.05) is 11.6 Å². The molecule has 0 amide bonds. The largest absolute Gasteiger partial charge is 0.327 e. The number of hydrogen-bond acceptors (Lipinski definition) is 1. The van der Waals surface area contributed by atoms with E-state index < -0.39 is 11.6 Å². The van der Waals surface area contributed by atoms with E-state index in [0.717, 1.165) is 18.8 Å². The summed E-state index contributed by atoms with van der Waals surface area (Å²) in [5.74, 6) is 0.211. The first kappa shape index (κ1) is 13.5. The molecule has 18 heavy (non-hydrogen) atoms. The van der Waals surface area contributed by atoms with Gasteiger partial charge in [0.2, 0.25) is 0 Å². The number of halogens is 2. The third kappa shape index (κ3) is 3.08. The summed E-state index contributed by atoms with van der Waals surface area (Å²) < 4.78 is 27.1. The van der Waals surface area contributed by atoms with Crippen LogP contribution in [-0.2, 0) is 6.42 Å². The Labute approximate surface area is 107 Å². The van der Waals surface area contributed by atoms with E-state index in [4.69, 9.17) is 5.73 Å². The topological polar surface area (TPSA) is 26.0 Å². The molecule has 1 aromatic carbocycles. The Kier molecular flexibility index (Phi) is 4.33. The first-order chi connectivity index (χ1) is 8.58. The van der Waals surface area contributed by atoms with Gasteiger partial charge in [-0.1, -0.05) is 25.8 Å². The van der Waals surface area contributed by atoms with Gasteiger partial charge in [-0.15, -0.1) is 0 Å². The van der Waals surface area contributed by atoms with Crippen LogP contribution in [0.15, 0.2) is 18.2 Å². The fourth-order valence-electron chi connectivity index (χ4n) is 2.84. The Balaban J connectivity index is 2.00. The summed E-state index contributed by atoms with van der Waals surface area (Å²) in [5, 5.41) is 0. The third-order valence-corrected chi connectivity index (χ3v) is 4.17. The summed E-state index contributed by atoms with van der Waals surface area (Å²) in [6, 6.07) is 3.85. The Morgan fingerprint density at radius 3 is 2.28 bits per heavy atom. The Morgan fingerprint density at radius 2 is 1.72 bits per heavy atom. The average Bonchev–Trinajstić information content (AvgIpc) is 2.34. The van der Waals surface area contributed by atoms with Gasteiger partial charge in [-0.05, 0) is 43.2 Å². The summed E-state index contributed by atoms with van der Waals surface area (Å²) in [5.41, 5.74) is 6.27. The third-order valence-electron chi connectivity index (χ3n) is 4.17. The molecule has 100 valence electrons. The van der Waals surface area contributed by atoms with E-state index in [2.05, 4.69) is 6.92 Å². The van der Waals surface area contributed by atoms with E-state index >= 15 is 0 Å². The Morgan fingerprint density at radius 1 is 1.17 bits per heavy atom. The van der Waals surface area contributed by atoms with Crippen LogP contribution < -0.4 is 5.73 Å². The van der Waals surface area contributed by atoms with Gasteiger partial charge in [-0.25, -0.2) is 8.78 Å². The lowest BCUT2D eigenvalue weighted by molar-refractivity contribution is 0.252. The van der Waals surface area contributed by atoms with Gasteiger partial charge in [0.1, 0.15) is 11.6 Å². The van der Waals surface area contributed by atoms with Crippen molar-refractivity contribution in [2.75, 3.05) is 0 Å². The predicted octanol–water partition coefficient (Wildman–Crippen LogP) is 3.66. The van der Waals surface area contributed by atoms with Crippen LogP contribution >= 0.6 is 0 Å². The second kappa shape index (κ2) is 5.79. The fraction of sp³-hybridized carbons (Fsp3) is 0.600. The quantitative estimate of drug-likeness (QED) is 0.874. The maximum absolute atomic E-state index is 13.5. The molecule has 1 atom stereocenters. The molecule has 1 aliphatic carbocycles. The first-order valence-corrected chi connectivity index (χ1v) is 6.76. The lowest BCUT2D eigenvalue weighted by Crippen LogP contribution is -2.35. The van der Waals surface area contributed by atoms with E-state index in [1.807, 2.05) is 0 Å². The predicted molar refractivity (Wildman–Crippen MR) is 69.2 cm³/mol.